The molecular weight excluding hydrogens is 490 g/mol. The largest absolute Gasteiger partial charge is 0.438 e. The van der Waals surface area contributed by atoms with Gasteiger partial charge in [-0.3, -0.25) is 4.79 Å². The summed E-state index contributed by atoms with van der Waals surface area (Å²) in [6.45, 7) is 0.596. The summed E-state index contributed by atoms with van der Waals surface area (Å²) in [5, 5.41) is 3.50. The second-order valence-corrected chi connectivity index (χ2v) is 10.5. The van der Waals surface area contributed by atoms with Crippen molar-refractivity contribution >= 4 is 15.7 Å². The van der Waals surface area contributed by atoms with Gasteiger partial charge in [-0.2, -0.15) is 13.8 Å². The number of hydrogen-bond acceptors (Lipinski definition) is 6. The second-order valence-electron chi connectivity index (χ2n) is 8.57. The molecule has 0 spiro atoms. The van der Waals surface area contributed by atoms with E-state index in [2.05, 4.69) is 15.3 Å². The Hall–Kier alpha value is -3.02. The number of nitrogens with one attached hydrogen (secondary N) is 1. The zero-order valence-corrected chi connectivity index (χ0v) is 19.9. The molecule has 0 saturated heterocycles. The molecule has 1 aromatic heterocycles. The van der Waals surface area contributed by atoms with Crippen LogP contribution in [0.2, 0.25) is 0 Å². The number of carbonyl (C=O) groups is 1. The lowest BCUT2D eigenvalue weighted by Crippen LogP contribution is -2.42. The first-order valence-electron chi connectivity index (χ1n) is 10.8. The fraction of sp³-hybridized carbons (Fsp3) is 0.435. The minimum Gasteiger partial charge on any atom is -0.438 e. The van der Waals surface area contributed by atoms with Crippen LogP contribution < -0.4 is 10.1 Å². The Morgan fingerprint density at radius 2 is 1.86 bits per heavy atom. The molecule has 1 heterocycles. The van der Waals surface area contributed by atoms with Gasteiger partial charge >= 0.3 is 5.92 Å². The standard InChI is InChI=1S/C23H25F4N3O4S/c1-22(24,25)21-28-14-17(20(30-21)34-16-6-4-3-5-7-16)19(31)29-18(10-13-35(2,32)33)15-8-11-23(26,27)12-9-15/h3-7,10,13-15,18H,8-9,11-12H2,1-2H3,(H,29,31). The third-order valence-electron chi connectivity index (χ3n) is 5.45. The molecule has 1 N–H and O–H groups in total. The molecular formula is C23H25F4N3O4S. The van der Waals surface area contributed by atoms with E-state index in [1.165, 1.54) is 18.2 Å². The molecule has 1 fully saturated rings. The van der Waals surface area contributed by atoms with Crippen molar-refractivity contribution in [1.82, 2.24) is 15.3 Å². The highest BCUT2D eigenvalue weighted by Gasteiger charge is 2.38. The van der Waals surface area contributed by atoms with Crippen molar-refractivity contribution in [2.45, 2.75) is 50.5 Å². The third-order valence-corrected chi connectivity index (χ3v) is 6.10. The molecule has 0 radical (unpaired) electrons. The van der Waals surface area contributed by atoms with Gasteiger partial charge in [-0.05, 0) is 30.9 Å². The summed E-state index contributed by atoms with van der Waals surface area (Å²) < 4.78 is 83.8. The predicted molar refractivity (Wildman–Crippen MR) is 120 cm³/mol. The van der Waals surface area contributed by atoms with E-state index in [-0.39, 0.29) is 24.2 Å². The molecule has 2 aromatic rings. The summed E-state index contributed by atoms with van der Waals surface area (Å²) >= 11 is 0. The molecule has 1 unspecified atom stereocenters. The molecule has 0 aliphatic heterocycles. The number of ether oxygens (including phenoxy) is 1. The first kappa shape index (κ1) is 26.6. The zero-order chi connectivity index (χ0) is 25.9. The molecule has 1 atom stereocenters. The van der Waals surface area contributed by atoms with Crippen molar-refractivity contribution in [2.75, 3.05) is 6.26 Å². The van der Waals surface area contributed by atoms with Crippen LogP contribution in [0.1, 0.15) is 48.8 Å². The maximum Gasteiger partial charge on any atom is 0.303 e. The molecule has 1 aliphatic carbocycles. The highest BCUT2D eigenvalue weighted by atomic mass is 32.2. The van der Waals surface area contributed by atoms with E-state index in [9.17, 15) is 30.8 Å². The van der Waals surface area contributed by atoms with Crippen molar-refractivity contribution in [3.8, 4) is 11.6 Å². The Labute approximate surface area is 200 Å². The van der Waals surface area contributed by atoms with E-state index in [4.69, 9.17) is 4.74 Å². The van der Waals surface area contributed by atoms with Gasteiger partial charge in [0.15, 0.2) is 9.84 Å². The molecule has 1 aliphatic rings. The van der Waals surface area contributed by atoms with Gasteiger partial charge < -0.3 is 10.1 Å². The van der Waals surface area contributed by atoms with Crippen LogP contribution in [0.3, 0.4) is 0 Å². The molecule has 12 heteroatoms. The normalized spacial score (nSPS) is 17.8. The molecule has 3 rings (SSSR count). The van der Waals surface area contributed by atoms with E-state index in [0.29, 0.717) is 6.92 Å². The van der Waals surface area contributed by atoms with Crippen molar-refractivity contribution in [2.24, 2.45) is 5.92 Å². The van der Waals surface area contributed by atoms with E-state index in [0.717, 1.165) is 17.9 Å². The number of carbonyl (C=O) groups excluding carboxylic acids is 1. The molecule has 1 aromatic carbocycles. The van der Waals surface area contributed by atoms with Crippen molar-refractivity contribution in [1.29, 1.82) is 0 Å². The SMILES string of the molecule is CC(F)(F)c1ncc(C(=O)NC(C=CS(C)(=O)=O)C2CCC(F)(F)CC2)c(Oc2ccccc2)n1. The van der Waals surface area contributed by atoms with E-state index >= 15 is 0 Å². The van der Waals surface area contributed by atoms with Gasteiger partial charge in [-0.15, -0.1) is 0 Å². The van der Waals surface area contributed by atoms with Crippen molar-refractivity contribution < 1.29 is 35.5 Å². The van der Waals surface area contributed by atoms with Crippen LogP contribution in [0, 0.1) is 5.92 Å². The quantitative estimate of drug-likeness (QED) is 0.504. The lowest BCUT2D eigenvalue weighted by atomic mass is 9.82. The number of amides is 1. The minimum absolute atomic E-state index is 0.0525. The number of benzene rings is 1. The maximum absolute atomic E-state index is 13.8. The minimum atomic E-state index is -3.56. The Balaban J connectivity index is 1.92. The number of aromatic nitrogens is 2. The fourth-order valence-electron chi connectivity index (χ4n) is 3.61. The number of nitrogens with zero attached hydrogens (tertiary/aromatic N) is 2. The lowest BCUT2D eigenvalue weighted by Gasteiger charge is -2.32. The summed E-state index contributed by atoms with van der Waals surface area (Å²) in [5.41, 5.74) is -0.277. The van der Waals surface area contributed by atoms with Crippen LogP contribution >= 0.6 is 0 Å². The van der Waals surface area contributed by atoms with Crippen LogP contribution in [0.25, 0.3) is 0 Å². The molecule has 1 saturated carbocycles. The van der Waals surface area contributed by atoms with Crippen LogP contribution in [-0.4, -0.2) is 42.5 Å². The Morgan fingerprint density at radius 1 is 1.23 bits per heavy atom. The highest BCUT2D eigenvalue weighted by Crippen LogP contribution is 2.38. The van der Waals surface area contributed by atoms with Crippen LogP contribution in [0.5, 0.6) is 11.6 Å². The van der Waals surface area contributed by atoms with Gasteiger partial charge in [0.05, 0.1) is 6.04 Å². The first-order valence-corrected chi connectivity index (χ1v) is 12.7. The number of sulfone groups is 1. The lowest BCUT2D eigenvalue weighted by molar-refractivity contribution is -0.0475. The Kier molecular flexibility index (Phi) is 7.83. The van der Waals surface area contributed by atoms with Crippen molar-refractivity contribution in [3.63, 3.8) is 0 Å². The van der Waals surface area contributed by atoms with Gasteiger partial charge in [-0.25, -0.2) is 22.2 Å². The highest BCUT2D eigenvalue weighted by molar-refractivity contribution is 7.93. The van der Waals surface area contributed by atoms with Gasteiger partial charge in [-0.1, -0.05) is 24.3 Å². The number of halogens is 4. The molecule has 7 nitrogen and oxygen atoms in total. The molecule has 190 valence electrons. The van der Waals surface area contributed by atoms with Gasteiger partial charge in [0.2, 0.25) is 17.6 Å². The zero-order valence-electron chi connectivity index (χ0n) is 19.0. The van der Waals surface area contributed by atoms with Crippen LogP contribution in [0.15, 0.2) is 48.0 Å². The Morgan fingerprint density at radius 3 is 2.43 bits per heavy atom. The van der Waals surface area contributed by atoms with Crippen LogP contribution in [-0.2, 0) is 15.8 Å². The summed E-state index contributed by atoms with van der Waals surface area (Å²) in [6, 6.07) is 7.14. The average Bonchev–Trinajstić information content (AvgIpc) is 2.76. The number of para-hydroxylation sites is 1. The summed E-state index contributed by atoms with van der Waals surface area (Å²) in [6.07, 6.45) is 2.38. The number of alkyl halides is 4. The summed E-state index contributed by atoms with van der Waals surface area (Å²) in [4.78, 5) is 20.4. The smallest absolute Gasteiger partial charge is 0.303 e. The van der Waals surface area contributed by atoms with Gasteiger partial charge in [0.1, 0.15) is 11.3 Å². The fourth-order valence-corrected chi connectivity index (χ4v) is 4.07. The molecule has 0 bridgehead atoms. The first-order chi connectivity index (χ1) is 16.2. The average molecular weight is 516 g/mol. The van der Waals surface area contributed by atoms with Crippen molar-refractivity contribution in [3.05, 3.63) is 59.4 Å². The Bertz CT molecular complexity index is 1170. The predicted octanol–water partition coefficient (Wildman–Crippen LogP) is 4.86. The monoisotopic (exact) mass is 515 g/mol. The number of hydrogen-bond donors (Lipinski definition) is 1. The number of rotatable bonds is 8. The maximum atomic E-state index is 13.8. The summed E-state index contributed by atoms with van der Waals surface area (Å²) in [7, 11) is -3.56. The van der Waals surface area contributed by atoms with E-state index < -0.39 is 64.1 Å². The van der Waals surface area contributed by atoms with E-state index in [1.807, 2.05) is 0 Å². The summed E-state index contributed by atoms with van der Waals surface area (Å²) in [5.74, 6) is -8.58. The van der Waals surface area contributed by atoms with Gasteiger partial charge in [0.25, 0.3) is 5.91 Å². The topological polar surface area (TPSA) is 98.2 Å². The third kappa shape index (κ3) is 7.74. The molecule has 1 amide bonds. The van der Waals surface area contributed by atoms with E-state index in [1.54, 1.807) is 18.2 Å². The van der Waals surface area contributed by atoms with Crippen LogP contribution in [0.4, 0.5) is 17.6 Å². The molecule has 35 heavy (non-hydrogen) atoms. The second kappa shape index (κ2) is 10.3. The van der Waals surface area contributed by atoms with Gasteiger partial charge in [0, 0.05) is 37.6 Å².